The second kappa shape index (κ2) is 7.41. The smallest absolute Gasteiger partial charge is 0.233 e. The van der Waals surface area contributed by atoms with Crippen molar-refractivity contribution in [2.45, 2.75) is 70.3 Å². The van der Waals surface area contributed by atoms with Crippen LogP contribution < -0.4 is 10.6 Å². The van der Waals surface area contributed by atoms with Crippen molar-refractivity contribution in [1.82, 2.24) is 20.7 Å². The van der Waals surface area contributed by atoms with Crippen molar-refractivity contribution in [3.05, 3.63) is 29.3 Å². The Balaban J connectivity index is 1.26. The predicted octanol–water partition coefficient (Wildman–Crippen LogP) is 2.83. The molecular weight excluding hydrogens is 358 g/mol. The third kappa shape index (κ3) is 4.61. The van der Waals surface area contributed by atoms with Crippen LogP contribution in [-0.4, -0.2) is 32.7 Å². The molecule has 0 radical (unpaired) electrons. The Hall–Kier alpha value is -2.64. The van der Waals surface area contributed by atoms with Crippen LogP contribution in [-0.2, 0) is 16.0 Å². The highest BCUT2D eigenvalue weighted by molar-refractivity contribution is 5.91. The second-order valence-corrected chi connectivity index (χ2v) is 8.56. The number of aromatic amines is 1. The number of anilines is 1. The fourth-order valence-corrected chi connectivity index (χ4v) is 3.96. The van der Waals surface area contributed by atoms with E-state index < -0.39 is 0 Å². The summed E-state index contributed by atoms with van der Waals surface area (Å²) >= 11 is 0. The van der Waals surface area contributed by atoms with Gasteiger partial charge in [0, 0.05) is 35.7 Å². The number of nitrogens with one attached hydrogen (secondary N) is 3. The van der Waals surface area contributed by atoms with Gasteiger partial charge in [-0.15, -0.1) is 0 Å². The Labute approximate surface area is 163 Å². The molecular formula is C20H27N5O3. The summed E-state index contributed by atoms with van der Waals surface area (Å²) in [5.74, 6) is 1.78. The van der Waals surface area contributed by atoms with Crippen molar-refractivity contribution < 1.29 is 14.1 Å². The van der Waals surface area contributed by atoms with E-state index in [1.54, 1.807) is 6.07 Å². The van der Waals surface area contributed by atoms with E-state index in [0.717, 1.165) is 43.5 Å². The van der Waals surface area contributed by atoms with Crippen molar-refractivity contribution in [1.29, 1.82) is 0 Å². The maximum Gasteiger partial charge on any atom is 0.233 e. The summed E-state index contributed by atoms with van der Waals surface area (Å²) in [6, 6.07) is 3.63. The molecule has 4 rings (SSSR count). The fourth-order valence-electron chi connectivity index (χ4n) is 3.96. The normalized spacial score (nSPS) is 22.8. The molecule has 2 aliphatic carbocycles. The number of carbonyl (C=O) groups is 2. The molecule has 2 aromatic rings. The highest BCUT2D eigenvalue weighted by Crippen LogP contribution is 2.40. The van der Waals surface area contributed by atoms with E-state index in [-0.39, 0.29) is 23.8 Å². The molecule has 0 aromatic carbocycles. The first-order valence-electron chi connectivity index (χ1n) is 9.97. The van der Waals surface area contributed by atoms with Gasteiger partial charge in [0.2, 0.25) is 11.8 Å². The monoisotopic (exact) mass is 385 g/mol. The molecule has 150 valence electrons. The average molecular weight is 385 g/mol. The van der Waals surface area contributed by atoms with E-state index in [9.17, 15) is 9.59 Å². The Kier molecular flexibility index (Phi) is 4.95. The summed E-state index contributed by atoms with van der Waals surface area (Å²) in [5, 5.41) is 17.0. The van der Waals surface area contributed by atoms with Crippen LogP contribution in [0.1, 0.15) is 68.5 Å². The number of H-pyrrole nitrogens is 1. The maximum absolute atomic E-state index is 12.2. The third-order valence-electron chi connectivity index (χ3n) is 5.77. The number of nitrogens with zero attached hydrogens (tertiary/aromatic N) is 2. The number of hydrogen-bond donors (Lipinski definition) is 3. The minimum Gasteiger partial charge on any atom is -0.361 e. The van der Waals surface area contributed by atoms with E-state index in [1.807, 2.05) is 13.0 Å². The van der Waals surface area contributed by atoms with Crippen molar-refractivity contribution in [2.24, 2.45) is 5.92 Å². The molecule has 2 aliphatic rings. The summed E-state index contributed by atoms with van der Waals surface area (Å²) in [5.41, 5.74) is 1.82. The van der Waals surface area contributed by atoms with Crippen molar-refractivity contribution in [3.63, 3.8) is 0 Å². The van der Waals surface area contributed by atoms with E-state index in [4.69, 9.17) is 4.52 Å². The molecule has 0 unspecified atom stereocenters. The summed E-state index contributed by atoms with van der Waals surface area (Å²) in [6.07, 6.45) is 5.94. The van der Waals surface area contributed by atoms with Gasteiger partial charge < -0.3 is 15.2 Å². The van der Waals surface area contributed by atoms with E-state index in [0.29, 0.717) is 29.8 Å². The van der Waals surface area contributed by atoms with Gasteiger partial charge >= 0.3 is 0 Å². The van der Waals surface area contributed by atoms with Crippen LogP contribution >= 0.6 is 0 Å². The van der Waals surface area contributed by atoms with Crippen LogP contribution in [0.5, 0.6) is 0 Å². The lowest BCUT2D eigenvalue weighted by molar-refractivity contribution is -0.122. The van der Waals surface area contributed by atoms with Gasteiger partial charge in [-0.05, 0) is 51.9 Å². The third-order valence-corrected chi connectivity index (χ3v) is 5.77. The predicted molar refractivity (Wildman–Crippen MR) is 103 cm³/mol. The first kappa shape index (κ1) is 18.7. The SMILES string of the molecule is Cc1cc(CC(=O)Nc2cc([C@@H]3CC[C@@H](CC(=O)NC4(C)CC4)C3)[nH]n2)on1. The average Bonchev–Trinajstić information content (AvgIpc) is 3.05. The molecule has 0 aliphatic heterocycles. The van der Waals surface area contributed by atoms with Gasteiger partial charge in [-0.3, -0.25) is 14.7 Å². The molecule has 2 amide bonds. The highest BCUT2D eigenvalue weighted by Gasteiger charge is 2.39. The molecule has 8 nitrogen and oxygen atoms in total. The minimum absolute atomic E-state index is 0.0516. The number of aromatic nitrogens is 3. The molecule has 0 spiro atoms. The zero-order valence-electron chi connectivity index (χ0n) is 16.4. The van der Waals surface area contributed by atoms with Crippen LogP contribution in [0.25, 0.3) is 0 Å². The van der Waals surface area contributed by atoms with Crippen molar-refractivity contribution in [3.8, 4) is 0 Å². The lowest BCUT2D eigenvalue weighted by atomic mass is 9.99. The topological polar surface area (TPSA) is 113 Å². The van der Waals surface area contributed by atoms with Crippen LogP contribution in [0, 0.1) is 12.8 Å². The zero-order chi connectivity index (χ0) is 19.7. The molecule has 2 fully saturated rings. The van der Waals surface area contributed by atoms with Gasteiger partial charge in [0.1, 0.15) is 5.76 Å². The highest BCUT2D eigenvalue weighted by atomic mass is 16.5. The summed E-state index contributed by atoms with van der Waals surface area (Å²) in [7, 11) is 0. The molecule has 2 atom stereocenters. The lowest BCUT2D eigenvalue weighted by Crippen LogP contribution is -2.35. The summed E-state index contributed by atoms with van der Waals surface area (Å²) in [4.78, 5) is 24.3. The molecule has 3 N–H and O–H groups in total. The maximum atomic E-state index is 12.2. The molecule has 2 saturated carbocycles. The first-order chi connectivity index (χ1) is 13.4. The number of aryl methyl sites for hydroxylation is 1. The molecule has 2 aromatic heterocycles. The van der Waals surface area contributed by atoms with Crippen LogP contribution in [0.3, 0.4) is 0 Å². The number of hydrogen-bond acceptors (Lipinski definition) is 5. The second-order valence-electron chi connectivity index (χ2n) is 8.56. The van der Waals surface area contributed by atoms with Gasteiger partial charge in [-0.2, -0.15) is 5.10 Å². The summed E-state index contributed by atoms with van der Waals surface area (Å²) < 4.78 is 5.06. The Morgan fingerprint density at radius 1 is 1.29 bits per heavy atom. The molecule has 0 bridgehead atoms. The lowest BCUT2D eigenvalue weighted by Gasteiger charge is -2.14. The fraction of sp³-hybridized carbons (Fsp3) is 0.600. The van der Waals surface area contributed by atoms with E-state index in [1.165, 1.54) is 0 Å². The van der Waals surface area contributed by atoms with Crippen LogP contribution in [0.15, 0.2) is 16.7 Å². The van der Waals surface area contributed by atoms with Crippen LogP contribution in [0.2, 0.25) is 0 Å². The van der Waals surface area contributed by atoms with Gasteiger partial charge in [0.05, 0.1) is 12.1 Å². The summed E-state index contributed by atoms with van der Waals surface area (Å²) in [6.45, 7) is 3.92. The van der Waals surface area contributed by atoms with Crippen molar-refractivity contribution in [2.75, 3.05) is 5.32 Å². The number of amides is 2. The van der Waals surface area contributed by atoms with Gasteiger partial charge in [-0.1, -0.05) is 5.16 Å². The Morgan fingerprint density at radius 3 is 2.82 bits per heavy atom. The van der Waals surface area contributed by atoms with Gasteiger partial charge in [0.15, 0.2) is 5.82 Å². The van der Waals surface area contributed by atoms with Crippen molar-refractivity contribution >= 4 is 17.6 Å². The van der Waals surface area contributed by atoms with E-state index >= 15 is 0 Å². The standard InChI is InChI=1S/C20H27N5O3/c1-12-7-15(28-25-12)10-18(26)21-17-11-16(23-24-17)14-4-3-13(8-14)9-19(27)22-20(2)5-6-20/h7,11,13-14H,3-6,8-10H2,1-2H3,(H,22,27)(H2,21,23,24,26)/t13-,14-/m1/s1. The number of rotatable bonds is 7. The Morgan fingerprint density at radius 2 is 2.11 bits per heavy atom. The van der Waals surface area contributed by atoms with E-state index in [2.05, 4.69) is 32.9 Å². The number of carbonyl (C=O) groups excluding carboxylic acids is 2. The zero-order valence-corrected chi connectivity index (χ0v) is 16.4. The van der Waals surface area contributed by atoms with Gasteiger partial charge in [-0.25, -0.2) is 0 Å². The van der Waals surface area contributed by atoms with Gasteiger partial charge in [0.25, 0.3) is 0 Å². The molecule has 28 heavy (non-hydrogen) atoms. The quantitative estimate of drug-likeness (QED) is 0.678. The minimum atomic E-state index is -0.191. The molecule has 0 saturated heterocycles. The largest absolute Gasteiger partial charge is 0.361 e. The van der Waals surface area contributed by atoms with Crippen LogP contribution in [0.4, 0.5) is 5.82 Å². The first-order valence-corrected chi connectivity index (χ1v) is 9.97. The molecule has 2 heterocycles. The molecule has 8 heteroatoms. The Bertz CT molecular complexity index is 867.